The molecular weight excluding hydrogens is 293 g/mol. The lowest BCUT2D eigenvalue weighted by atomic mass is 9.90. The molecule has 1 N–H and O–H groups in total. The van der Waals surface area contributed by atoms with E-state index < -0.39 is 0 Å². The summed E-state index contributed by atoms with van der Waals surface area (Å²) in [6.45, 7) is 0. The minimum absolute atomic E-state index is 0.0653. The normalized spacial score (nSPS) is 16.7. The Bertz CT molecular complexity index is 873. The number of aromatic nitrogens is 2. The van der Waals surface area contributed by atoms with Crippen molar-refractivity contribution in [2.24, 2.45) is 0 Å². The predicted octanol–water partition coefficient (Wildman–Crippen LogP) is 3.49. The number of amides is 1. The highest BCUT2D eigenvalue weighted by Crippen LogP contribution is 2.37. The number of carbonyl (C=O) groups excluding carboxylic acids is 1. The molecule has 3 aromatic rings. The minimum atomic E-state index is -0.327. The van der Waals surface area contributed by atoms with E-state index in [1.54, 1.807) is 23.0 Å². The average Bonchev–Trinajstić information content (AvgIpc) is 2.98. The number of halogens is 1. The van der Waals surface area contributed by atoms with Crippen LogP contribution in [-0.2, 0) is 4.79 Å². The highest BCUT2D eigenvalue weighted by Gasteiger charge is 2.30. The molecule has 0 spiro atoms. The molecule has 0 radical (unpaired) electrons. The summed E-state index contributed by atoms with van der Waals surface area (Å²) in [4.78, 5) is 16.6. The molecule has 1 amide bonds. The van der Waals surface area contributed by atoms with Crippen molar-refractivity contribution >= 4 is 11.7 Å². The van der Waals surface area contributed by atoms with Gasteiger partial charge in [-0.2, -0.15) is 0 Å². The number of rotatable bonds is 2. The van der Waals surface area contributed by atoms with Gasteiger partial charge in [0.1, 0.15) is 18.0 Å². The number of nitrogens with one attached hydrogen (secondary N) is 1. The van der Waals surface area contributed by atoms with Crippen molar-refractivity contribution in [2.75, 3.05) is 5.32 Å². The average molecular weight is 307 g/mol. The number of hydrogen-bond donors (Lipinski definition) is 1. The lowest BCUT2D eigenvalue weighted by molar-refractivity contribution is -0.116. The summed E-state index contributed by atoms with van der Waals surface area (Å²) in [6, 6.07) is 16.1. The Morgan fingerprint density at radius 3 is 2.74 bits per heavy atom. The van der Waals surface area contributed by atoms with Gasteiger partial charge >= 0.3 is 0 Å². The third kappa shape index (κ3) is 2.40. The molecule has 0 fully saturated rings. The Labute approximate surface area is 132 Å². The lowest BCUT2D eigenvalue weighted by Crippen LogP contribution is -2.24. The van der Waals surface area contributed by atoms with Gasteiger partial charge in [-0.1, -0.05) is 36.4 Å². The van der Waals surface area contributed by atoms with Gasteiger partial charge in [0.25, 0.3) is 0 Å². The summed E-state index contributed by atoms with van der Waals surface area (Å²) in [5, 5.41) is 2.87. The first kappa shape index (κ1) is 13.7. The molecule has 0 bridgehead atoms. The first-order chi connectivity index (χ1) is 11.2. The Morgan fingerprint density at radius 1 is 1.13 bits per heavy atom. The van der Waals surface area contributed by atoms with E-state index in [0.29, 0.717) is 17.9 Å². The molecule has 4 nitrogen and oxygen atoms in total. The third-order valence-corrected chi connectivity index (χ3v) is 4.06. The highest BCUT2D eigenvalue weighted by molar-refractivity contribution is 5.94. The molecule has 2 aromatic carbocycles. The quantitative estimate of drug-likeness (QED) is 0.788. The molecule has 1 aromatic heterocycles. The van der Waals surface area contributed by atoms with Crippen LogP contribution in [0.5, 0.6) is 0 Å². The first-order valence-electron chi connectivity index (χ1n) is 7.40. The van der Waals surface area contributed by atoms with Crippen LogP contribution in [0.25, 0.3) is 5.69 Å². The van der Waals surface area contributed by atoms with Crippen LogP contribution in [0.1, 0.15) is 23.6 Å². The topological polar surface area (TPSA) is 46.9 Å². The van der Waals surface area contributed by atoms with Gasteiger partial charge in [0.15, 0.2) is 0 Å². The van der Waals surface area contributed by atoms with Crippen LogP contribution in [-0.4, -0.2) is 15.5 Å². The summed E-state index contributed by atoms with van der Waals surface area (Å²) in [5.74, 6) is 0.131. The zero-order valence-electron chi connectivity index (χ0n) is 12.2. The Hall–Kier alpha value is -2.95. The molecule has 0 unspecified atom stereocenters. The number of hydrogen-bond acceptors (Lipinski definition) is 2. The van der Waals surface area contributed by atoms with Crippen molar-refractivity contribution < 1.29 is 9.18 Å². The number of benzene rings is 2. The molecule has 4 rings (SSSR count). The van der Waals surface area contributed by atoms with Gasteiger partial charge in [-0.25, -0.2) is 9.37 Å². The monoisotopic (exact) mass is 307 g/mol. The van der Waals surface area contributed by atoms with Crippen LogP contribution >= 0.6 is 0 Å². The second-order valence-corrected chi connectivity index (χ2v) is 5.54. The van der Waals surface area contributed by atoms with Crippen LogP contribution in [0.3, 0.4) is 0 Å². The van der Waals surface area contributed by atoms with E-state index in [0.717, 1.165) is 11.3 Å². The van der Waals surface area contributed by atoms with Crippen molar-refractivity contribution in [3.05, 3.63) is 78.0 Å². The van der Waals surface area contributed by atoms with Crippen LogP contribution in [0.15, 0.2) is 60.9 Å². The van der Waals surface area contributed by atoms with Gasteiger partial charge in [0.05, 0.1) is 11.4 Å². The fourth-order valence-electron chi connectivity index (χ4n) is 2.99. The van der Waals surface area contributed by atoms with Crippen molar-refractivity contribution in [1.82, 2.24) is 9.55 Å². The maximum absolute atomic E-state index is 13.5. The summed E-state index contributed by atoms with van der Waals surface area (Å²) in [7, 11) is 0. The van der Waals surface area contributed by atoms with Crippen LogP contribution in [0.4, 0.5) is 10.2 Å². The number of imidazole rings is 1. The summed E-state index contributed by atoms with van der Waals surface area (Å²) in [5.41, 5.74) is 2.49. The van der Waals surface area contributed by atoms with Crippen molar-refractivity contribution in [1.29, 1.82) is 0 Å². The van der Waals surface area contributed by atoms with Crippen molar-refractivity contribution in [2.45, 2.75) is 12.3 Å². The second kappa shape index (κ2) is 5.35. The molecule has 5 heteroatoms. The standard InChI is InChI=1S/C18H14FN3O/c19-13-7-4-8-14(9-13)22-11-20-17-15(10-16(23)21-18(17)22)12-5-2-1-3-6-12/h1-9,11,15H,10H2,(H,21,23)/t15-/m1/s1. The number of fused-ring (bicyclic) bond motifs is 1. The smallest absolute Gasteiger partial charge is 0.226 e. The molecule has 1 aliphatic heterocycles. The van der Waals surface area contributed by atoms with Gasteiger partial charge in [-0.15, -0.1) is 0 Å². The largest absolute Gasteiger partial charge is 0.310 e. The summed E-state index contributed by atoms with van der Waals surface area (Å²) < 4.78 is 15.2. The predicted molar refractivity (Wildman–Crippen MR) is 85.1 cm³/mol. The summed E-state index contributed by atoms with van der Waals surface area (Å²) >= 11 is 0. The van der Waals surface area contributed by atoms with Crippen molar-refractivity contribution in [3.63, 3.8) is 0 Å². The van der Waals surface area contributed by atoms with E-state index in [1.165, 1.54) is 12.1 Å². The second-order valence-electron chi connectivity index (χ2n) is 5.54. The van der Waals surface area contributed by atoms with E-state index in [4.69, 9.17) is 0 Å². The molecule has 23 heavy (non-hydrogen) atoms. The van der Waals surface area contributed by atoms with E-state index >= 15 is 0 Å². The number of carbonyl (C=O) groups is 1. The Kier molecular flexibility index (Phi) is 3.19. The van der Waals surface area contributed by atoms with Gasteiger partial charge in [-0.05, 0) is 23.8 Å². The van der Waals surface area contributed by atoms with E-state index in [2.05, 4.69) is 10.3 Å². The zero-order chi connectivity index (χ0) is 15.8. The van der Waals surface area contributed by atoms with Crippen LogP contribution in [0.2, 0.25) is 0 Å². The van der Waals surface area contributed by atoms with Gasteiger partial charge < -0.3 is 5.32 Å². The molecule has 114 valence electrons. The van der Waals surface area contributed by atoms with Gasteiger partial charge in [0, 0.05) is 12.3 Å². The fraction of sp³-hybridized carbons (Fsp3) is 0.111. The Balaban J connectivity index is 1.83. The molecular formula is C18H14FN3O. The van der Waals surface area contributed by atoms with Crippen LogP contribution < -0.4 is 5.32 Å². The lowest BCUT2D eigenvalue weighted by Gasteiger charge is -2.23. The maximum Gasteiger partial charge on any atom is 0.226 e. The summed E-state index contributed by atoms with van der Waals surface area (Å²) in [6.07, 6.45) is 1.98. The molecule has 1 aliphatic rings. The third-order valence-electron chi connectivity index (χ3n) is 4.06. The highest BCUT2D eigenvalue weighted by atomic mass is 19.1. The molecule has 0 saturated heterocycles. The molecule has 2 heterocycles. The number of anilines is 1. The molecule has 0 saturated carbocycles. The van der Waals surface area contributed by atoms with Crippen molar-refractivity contribution in [3.8, 4) is 5.69 Å². The SMILES string of the molecule is O=C1C[C@H](c2ccccc2)c2ncn(-c3cccc(F)c3)c2N1. The van der Waals surface area contributed by atoms with E-state index in [9.17, 15) is 9.18 Å². The fourth-order valence-corrected chi connectivity index (χ4v) is 2.99. The molecule has 0 aliphatic carbocycles. The zero-order valence-corrected chi connectivity index (χ0v) is 12.2. The van der Waals surface area contributed by atoms with Gasteiger partial charge in [0.2, 0.25) is 5.91 Å². The minimum Gasteiger partial charge on any atom is -0.310 e. The maximum atomic E-state index is 13.5. The van der Waals surface area contributed by atoms with E-state index in [1.807, 2.05) is 30.3 Å². The van der Waals surface area contributed by atoms with E-state index in [-0.39, 0.29) is 17.6 Å². The van der Waals surface area contributed by atoms with Gasteiger partial charge in [-0.3, -0.25) is 9.36 Å². The molecule has 1 atom stereocenters. The van der Waals surface area contributed by atoms with Crippen LogP contribution in [0, 0.1) is 5.82 Å². The first-order valence-corrected chi connectivity index (χ1v) is 7.40. The number of nitrogens with zero attached hydrogens (tertiary/aromatic N) is 2. The Morgan fingerprint density at radius 2 is 1.96 bits per heavy atom.